The van der Waals surface area contributed by atoms with Crippen LogP contribution >= 0.6 is 11.6 Å². The van der Waals surface area contributed by atoms with Gasteiger partial charge in [0, 0.05) is 43.9 Å². The van der Waals surface area contributed by atoms with Crippen molar-refractivity contribution in [1.29, 1.82) is 0 Å². The molecular formula is C26H28ClN5O2. The van der Waals surface area contributed by atoms with Gasteiger partial charge >= 0.3 is 0 Å². The number of nitrogens with one attached hydrogen (secondary N) is 1. The number of allylic oxidation sites excluding steroid dienone is 2. The highest BCUT2D eigenvalue weighted by Crippen LogP contribution is 2.34. The van der Waals surface area contributed by atoms with Gasteiger partial charge in [0.05, 0.1) is 11.4 Å². The molecule has 2 aromatic carbocycles. The smallest absolute Gasteiger partial charge is 0.250 e. The zero-order valence-corrected chi connectivity index (χ0v) is 19.6. The SMILES string of the molecule is NOCC(=O)N1CCN(CC2=C(c3ccc(Cl)cc3)NC3C=CC(c4ccccc4)=CN23)CC1. The van der Waals surface area contributed by atoms with Gasteiger partial charge < -0.3 is 15.1 Å². The number of halogens is 1. The van der Waals surface area contributed by atoms with Crippen LogP contribution in [-0.2, 0) is 9.63 Å². The zero-order chi connectivity index (χ0) is 23.5. The third kappa shape index (κ3) is 4.74. The molecule has 1 atom stereocenters. The van der Waals surface area contributed by atoms with Crippen LogP contribution in [0.3, 0.4) is 0 Å². The van der Waals surface area contributed by atoms with Crippen molar-refractivity contribution in [2.45, 2.75) is 6.17 Å². The van der Waals surface area contributed by atoms with E-state index >= 15 is 0 Å². The molecule has 0 radical (unpaired) electrons. The minimum atomic E-state index is -0.0787. The first kappa shape index (κ1) is 22.7. The van der Waals surface area contributed by atoms with Crippen molar-refractivity contribution < 1.29 is 9.63 Å². The van der Waals surface area contributed by atoms with Crippen molar-refractivity contribution in [3.05, 3.63) is 94.8 Å². The molecule has 8 heteroatoms. The molecule has 1 unspecified atom stereocenters. The molecule has 3 aliphatic heterocycles. The third-order valence-electron chi connectivity index (χ3n) is 6.47. The molecule has 3 heterocycles. The van der Waals surface area contributed by atoms with Gasteiger partial charge in [-0.2, -0.15) is 0 Å². The van der Waals surface area contributed by atoms with Gasteiger partial charge in [-0.15, -0.1) is 0 Å². The molecule has 3 aliphatic rings. The van der Waals surface area contributed by atoms with E-state index in [2.05, 4.69) is 74.7 Å². The summed E-state index contributed by atoms with van der Waals surface area (Å²) in [5, 5.41) is 4.41. The van der Waals surface area contributed by atoms with Crippen LogP contribution in [0.15, 0.2) is 78.6 Å². The average molecular weight is 478 g/mol. The van der Waals surface area contributed by atoms with Crippen molar-refractivity contribution in [1.82, 2.24) is 20.0 Å². The molecular weight excluding hydrogens is 450 g/mol. The van der Waals surface area contributed by atoms with Crippen molar-refractivity contribution in [2.24, 2.45) is 5.90 Å². The van der Waals surface area contributed by atoms with Crippen molar-refractivity contribution in [3.8, 4) is 0 Å². The summed E-state index contributed by atoms with van der Waals surface area (Å²) in [5.41, 5.74) is 5.77. The van der Waals surface area contributed by atoms with Crippen LogP contribution in [-0.4, -0.2) is 66.1 Å². The average Bonchev–Trinajstić information content (AvgIpc) is 3.23. The number of amides is 1. The third-order valence-corrected chi connectivity index (χ3v) is 6.73. The summed E-state index contributed by atoms with van der Waals surface area (Å²) in [4.78, 5) is 23.2. The molecule has 0 aromatic heterocycles. The van der Waals surface area contributed by atoms with E-state index in [0.717, 1.165) is 35.9 Å². The maximum Gasteiger partial charge on any atom is 0.250 e. The highest BCUT2D eigenvalue weighted by molar-refractivity contribution is 6.30. The van der Waals surface area contributed by atoms with Crippen LogP contribution in [0.25, 0.3) is 11.3 Å². The second-order valence-electron chi connectivity index (χ2n) is 8.60. The number of nitrogens with zero attached hydrogens (tertiary/aromatic N) is 3. The molecule has 0 saturated carbocycles. The standard InChI is InChI=1S/C26H28ClN5O2/c27-22-9-6-20(7-10-22)26-23(17-30-12-14-31(15-13-30)25(33)18-34-28)32-16-21(8-11-24(32)29-26)19-4-2-1-3-5-19/h1-11,16,24,29H,12-15,17-18,28H2. The Kier molecular flexibility index (Phi) is 6.69. The van der Waals surface area contributed by atoms with E-state index in [1.807, 2.05) is 23.1 Å². The normalized spacial score (nSPS) is 20.3. The monoisotopic (exact) mass is 477 g/mol. The second kappa shape index (κ2) is 10.0. The maximum absolute atomic E-state index is 12.1. The zero-order valence-electron chi connectivity index (χ0n) is 18.9. The van der Waals surface area contributed by atoms with Crippen LogP contribution in [0.4, 0.5) is 0 Å². The first-order valence-electron chi connectivity index (χ1n) is 11.4. The first-order chi connectivity index (χ1) is 16.6. The molecule has 0 aliphatic carbocycles. The van der Waals surface area contributed by atoms with Gasteiger partial charge in [0.2, 0.25) is 0 Å². The van der Waals surface area contributed by atoms with Gasteiger partial charge in [0.1, 0.15) is 12.8 Å². The van der Waals surface area contributed by atoms with Gasteiger partial charge in [-0.3, -0.25) is 14.5 Å². The number of carbonyl (C=O) groups is 1. The Balaban J connectivity index is 1.41. The summed E-state index contributed by atoms with van der Waals surface area (Å²) < 4.78 is 0. The number of fused-ring (bicyclic) bond motifs is 1. The molecule has 5 rings (SSSR count). The number of hydrogen-bond acceptors (Lipinski definition) is 6. The quantitative estimate of drug-likeness (QED) is 0.623. The Morgan fingerprint density at radius 2 is 1.76 bits per heavy atom. The molecule has 1 amide bonds. The lowest BCUT2D eigenvalue weighted by Gasteiger charge is -2.36. The van der Waals surface area contributed by atoms with Gasteiger partial charge in [0.25, 0.3) is 5.91 Å². The Hall–Kier alpha value is -3.10. The van der Waals surface area contributed by atoms with Gasteiger partial charge in [0.15, 0.2) is 0 Å². The number of piperazine rings is 1. The molecule has 0 bridgehead atoms. The molecule has 1 fully saturated rings. The predicted molar refractivity (Wildman–Crippen MR) is 134 cm³/mol. The first-order valence-corrected chi connectivity index (χ1v) is 11.8. The lowest BCUT2D eigenvalue weighted by Crippen LogP contribution is -2.50. The van der Waals surface area contributed by atoms with Gasteiger partial charge in [-0.05, 0) is 34.9 Å². The summed E-state index contributed by atoms with van der Waals surface area (Å²) in [7, 11) is 0. The maximum atomic E-state index is 12.1. The molecule has 176 valence electrons. The predicted octanol–water partition coefficient (Wildman–Crippen LogP) is 2.89. The minimum absolute atomic E-state index is 0.0534. The summed E-state index contributed by atoms with van der Waals surface area (Å²) in [5.74, 6) is 5.00. The van der Waals surface area contributed by atoms with Crippen LogP contribution in [0.2, 0.25) is 5.02 Å². The van der Waals surface area contributed by atoms with E-state index in [1.54, 1.807) is 0 Å². The van der Waals surface area contributed by atoms with E-state index in [4.69, 9.17) is 17.5 Å². The number of nitrogens with two attached hydrogens (primary N) is 1. The van der Waals surface area contributed by atoms with Gasteiger partial charge in [-0.25, -0.2) is 5.90 Å². The number of rotatable bonds is 6. The lowest BCUT2D eigenvalue weighted by atomic mass is 10.0. The van der Waals surface area contributed by atoms with E-state index < -0.39 is 0 Å². The molecule has 2 aromatic rings. The Morgan fingerprint density at radius 3 is 2.47 bits per heavy atom. The minimum Gasteiger partial charge on any atom is -0.360 e. The van der Waals surface area contributed by atoms with Gasteiger partial charge in [-0.1, -0.05) is 60.1 Å². The Bertz CT molecular complexity index is 1120. The van der Waals surface area contributed by atoms with Crippen LogP contribution in [0.5, 0.6) is 0 Å². The Labute approximate surface area is 204 Å². The number of benzene rings is 2. The highest BCUT2D eigenvalue weighted by Gasteiger charge is 2.33. The van der Waals surface area contributed by atoms with E-state index in [-0.39, 0.29) is 18.7 Å². The molecule has 3 N–H and O–H groups in total. The topological polar surface area (TPSA) is 74.1 Å². The summed E-state index contributed by atoms with van der Waals surface area (Å²) in [6.07, 6.45) is 6.66. The fourth-order valence-corrected chi connectivity index (χ4v) is 4.77. The highest BCUT2D eigenvalue weighted by atomic mass is 35.5. The van der Waals surface area contributed by atoms with Crippen molar-refractivity contribution >= 4 is 28.8 Å². The number of hydrogen-bond donors (Lipinski definition) is 2. The second-order valence-corrected chi connectivity index (χ2v) is 9.04. The molecule has 0 spiro atoms. The van der Waals surface area contributed by atoms with E-state index in [0.29, 0.717) is 13.1 Å². The lowest BCUT2D eigenvalue weighted by molar-refractivity contribution is -0.138. The van der Waals surface area contributed by atoms with Crippen molar-refractivity contribution in [2.75, 3.05) is 39.3 Å². The fraction of sp³-hybridized carbons (Fsp3) is 0.269. The van der Waals surface area contributed by atoms with E-state index in [1.165, 1.54) is 16.8 Å². The molecule has 7 nitrogen and oxygen atoms in total. The molecule has 34 heavy (non-hydrogen) atoms. The molecule has 1 saturated heterocycles. The van der Waals surface area contributed by atoms with Crippen LogP contribution in [0, 0.1) is 0 Å². The summed E-state index contributed by atoms with van der Waals surface area (Å²) in [6.45, 7) is 3.59. The fourth-order valence-electron chi connectivity index (χ4n) is 4.64. The summed E-state index contributed by atoms with van der Waals surface area (Å²) >= 11 is 6.16. The van der Waals surface area contributed by atoms with Crippen LogP contribution in [0.1, 0.15) is 11.1 Å². The van der Waals surface area contributed by atoms with Crippen molar-refractivity contribution in [3.63, 3.8) is 0 Å². The summed E-state index contributed by atoms with van der Waals surface area (Å²) in [6, 6.07) is 18.4. The number of carbonyl (C=O) groups excluding carboxylic acids is 1. The van der Waals surface area contributed by atoms with E-state index in [9.17, 15) is 4.79 Å². The largest absolute Gasteiger partial charge is 0.360 e. The van der Waals surface area contributed by atoms with Crippen LogP contribution < -0.4 is 11.2 Å². The Morgan fingerprint density at radius 1 is 1.03 bits per heavy atom.